The number of nitriles is 1. The largest absolute Gasteiger partial charge is 0.384 e. The molecular formula is C16H16N6. The Labute approximate surface area is 128 Å². The summed E-state index contributed by atoms with van der Waals surface area (Å²) in [5.41, 5.74) is 11.6. The first kappa shape index (κ1) is 14.0. The Morgan fingerprint density at radius 2 is 1.73 bits per heavy atom. The minimum absolute atomic E-state index is 0.371. The summed E-state index contributed by atoms with van der Waals surface area (Å²) in [5, 5.41) is 10.2. The van der Waals surface area contributed by atoms with Crippen molar-refractivity contribution in [1.82, 2.24) is 19.5 Å². The van der Waals surface area contributed by atoms with Crippen LogP contribution < -0.4 is 5.73 Å². The van der Waals surface area contributed by atoms with Crippen LogP contribution in [0.25, 0.3) is 16.7 Å². The molecule has 0 unspecified atom stereocenters. The maximum absolute atomic E-state index is 9.47. The van der Waals surface area contributed by atoms with Crippen molar-refractivity contribution in [2.45, 2.75) is 27.7 Å². The lowest BCUT2D eigenvalue weighted by molar-refractivity contribution is 0.960. The van der Waals surface area contributed by atoms with E-state index in [-0.39, 0.29) is 0 Å². The van der Waals surface area contributed by atoms with Crippen LogP contribution in [0.2, 0.25) is 0 Å². The number of hydrogen-bond acceptors (Lipinski definition) is 5. The summed E-state index contributed by atoms with van der Waals surface area (Å²) < 4.78 is 1.78. The van der Waals surface area contributed by atoms with Crippen molar-refractivity contribution in [2.75, 3.05) is 5.73 Å². The topological polar surface area (TPSA) is 93.4 Å². The molecule has 0 radical (unpaired) electrons. The van der Waals surface area contributed by atoms with Gasteiger partial charge in [-0.15, -0.1) is 0 Å². The van der Waals surface area contributed by atoms with Crippen LogP contribution in [0, 0.1) is 39.0 Å². The normalized spacial score (nSPS) is 10.9. The van der Waals surface area contributed by atoms with Crippen LogP contribution in [0.4, 0.5) is 5.82 Å². The number of fused-ring (bicyclic) bond motifs is 1. The second-order valence-electron chi connectivity index (χ2n) is 5.36. The second-order valence-corrected chi connectivity index (χ2v) is 5.36. The number of nitrogens with zero attached hydrogens (tertiary/aromatic N) is 5. The van der Waals surface area contributed by atoms with Gasteiger partial charge in [0.2, 0.25) is 0 Å². The van der Waals surface area contributed by atoms with E-state index in [0.29, 0.717) is 17.0 Å². The van der Waals surface area contributed by atoms with Crippen LogP contribution in [0.1, 0.15) is 28.2 Å². The molecule has 0 aliphatic heterocycles. The van der Waals surface area contributed by atoms with E-state index in [1.807, 2.05) is 33.8 Å². The first-order chi connectivity index (χ1) is 10.5. The second kappa shape index (κ2) is 4.81. The van der Waals surface area contributed by atoms with Gasteiger partial charge in [0.25, 0.3) is 0 Å². The summed E-state index contributed by atoms with van der Waals surface area (Å²) in [7, 11) is 0. The molecule has 2 N–H and O–H groups in total. The summed E-state index contributed by atoms with van der Waals surface area (Å²) in [6, 6.07) is 4.14. The number of nitrogen functional groups attached to an aromatic ring is 1. The maximum atomic E-state index is 9.47. The molecule has 0 saturated heterocycles. The number of aryl methyl sites for hydroxylation is 4. The Bertz CT molecular complexity index is 925. The van der Waals surface area contributed by atoms with Crippen molar-refractivity contribution in [2.24, 2.45) is 0 Å². The highest BCUT2D eigenvalue weighted by Crippen LogP contribution is 2.32. The van der Waals surface area contributed by atoms with E-state index < -0.39 is 0 Å². The average molecular weight is 292 g/mol. The van der Waals surface area contributed by atoms with Gasteiger partial charge in [-0.25, -0.2) is 15.0 Å². The molecule has 0 aromatic carbocycles. The fraction of sp³-hybridized carbons (Fsp3) is 0.250. The third-order valence-corrected chi connectivity index (χ3v) is 3.95. The number of rotatable bonds is 1. The van der Waals surface area contributed by atoms with E-state index in [9.17, 15) is 5.26 Å². The molecule has 110 valence electrons. The fourth-order valence-electron chi connectivity index (χ4n) is 2.66. The lowest BCUT2D eigenvalue weighted by Crippen LogP contribution is -2.08. The summed E-state index contributed by atoms with van der Waals surface area (Å²) in [6.45, 7) is 7.69. The van der Waals surface area contributed by atoms with Crippen LogP contribution in [-0.2, 0) is 0 Å². The van der Waals surface area contributed by atoms with E-state index in [0.717, 1.165) is 33.7 Å². The third-order valence-electron chi connectivity index (χ3n) is 3.95. The highest BCUT2D eigenvalue weighted by Gasteiger charge is 2.21. The number of nitrogens with two attached hydrogens (primary N) is 1. The van der Waals surface area contributed by atoms with Crippen molar-refractivity contribution < 1.29 is 0 Å². The van der Waals surface area contributed by atoms with Gasteiger partial charge in [-0.2, -0.15) is 5.26 Å². The van der Waals surface area contributed by atoms with Gasteiger partial charge in [0.15, 0.2) is 0 Å². The van der Waals surface area contributed by atoms with Crippen molar-refractivity contribution in [3.63, 3.8) is 0 Å². The first-order valence-corrected chi connectivity index (χ1v) is 6.92. The molecule has 0 amide bonds. The number of pyridine rings is 1. The van der Waals surface area contributed by atoms with E-state index >= 15 is 0 Å². The molecule has 3 aromatic rings. The van der Waals surface area contributed by atoms with Gasteiger partial charge in [-0.05, 0) is 39.3 Å². The summed E-state index contributed by atoms with van der Waals surface area (Å²) in [6.07, 6.45) is 1.52. The number of aromatic nitrogens is 4. The van der Waals surface area contributed by atoms with E-state index in [1.54, 1.807) is 4.57 Å². The van der Waals surface area contributed by atoms with Gasteiger partial charge in [0.05, 0.1) is 17.1 Å². The van der Waals surface area contributed by atoms with Crippen LogP contribution >= 0.6 is 0 Å². The Hall–Kier alpha value is -2.94. The summed E-state index contributed by atoms with van der Waals surface area (Å²) >= 11 is 0. The Morgan fingerprint density at radius 1 is 1.09 bits per heavy atom. The third kappa shape index (κ3) is 1.83. The molecule has 0 bridgehead atoms. The molecular weight excluding hydrogens is 276 g/mol. The number of anilines is 1. The number of hydrogen-bond donors (Lipinski definition) is 1. The zero-order chi connectivity index (χ0) is 16.0. The van der Waals surface area contributed by atoms with Gasteiger partial charge in [0.1, 0.15) is 29.4 Å². The standard InChI is InChI=1S/C16H16N6/c1-8-5-12-13(6-17)15(18)22(16(12)21-9(8)2)14-10(3)19-7-20-11(14)4/h5,7H,18H2,1-4H3. The minimum Gasteiger partial charge on any atom is -0.384 e. The van der Waals surface area contributed by atoms with Crippen LogP contribution in [0.3, 0.4) is 0 Å². The molecule has 3 rings (SSSR count). The highest BCUT2D eigenvalue weighted by molar-refractivity contribution is 5.92. The molecule has 0 spiro atoms. The van der Waals surface area contributed by atoms with Crippen LogP contribution in [0.5, 0.6) is 0 Å². The summed E-state index contributed by atoms with van der Waals surface area (Å²) in [5.74, 6) is 0.371. The van der Waals surface area contributed by atoms with E-state index in [4.69, 9.17) is 5.73 Å². The van der Waals surface area contributed by atoms with Gasteiger partial charge in [-0.3, -0.25) is 4.57 Å². The van der Waals surface area contributed by atoms with Gasteiger partial charge >= 0.3 is 0 Å². The van der Waals surface area contributed by atoms with Crippen molar-refractivity contribution in [1.29, 1.82) is 5.26 Å². The van der Waals surface area contributed by atoms with Gasteiger partial charge in [0, 0.05) is 11.1 Å². The molecule has 3 aromatic heterocycles. The van der Waals surface area contributed by atoms with E-state index in [2.05, 4.69) is 21.0 Å². The van der Waals surface area contributed by atoms with E-state index in [1.165, 1.54) is 6.33 Å². The van der Waals surface area contributed by atoms with Gasteiger partial charge in [-0.1, -0.05) is 0 Å². The predicted molar refractivity (Wildman–Crippen MR) is 84.7 cm³/mol. The monoisotopic (exact) mass is 292 g/mol. The zero-order valence-corrected chi connectivity index (χ0v) is 13.0. The Morgan fingerprint density at radius 3 is 2.32 bits per heavy atom. The fourth-order valence-corrected chi connectivity index (χ4v) is 2.66. The maximum Gasteiger partial charge on any atom is 0.147 e. The molecule has 0 aliphatic carbocycles. The van der Waals surface area contributed by atoms with Gasteiger partial charge < -0.3 is 5.73 Å². The molecule has 3 heterocycles. The highest BCUT2D eigenvalue weighted by atomic mass is 15.1. The quantitative estimate of drug-likeness (QED) is 0.743. The SMILES string of the molecule is Cc1cc2c(C#N)c(N)n(-c3c(C)ncnc3C)c2nc1C. The zero-order valence-electron chi connectivity index (χ0n) is 13.0. The molecule has 0 aliphatic rings. The lowest BCUT2D eigenvalue weighted by atomic mass is 10.1. The average Bonchev–Trinajstić information content (AvgIpc) is 2.72. The van der Waals surface area contributed by atoms with Crippen molar-refractivity contribution in [3.8, 4) is 11.8 Å². The van der Waals surface area contributed by atoms with Crippen molar-refractivity contribution in [3.05, 3.63) is 40.6 Å². The molecule has 22 heavy (non-hydrogen) atoms. The first-order valence-electron chi connectivity index (χ1n) is 6.92. The predicted octanol–water partition coefficient (Wildman–Crippen LogP) is 2.50. The molecule has 0 atom stereocenters. The lowest BCUT2D eigenvalue weighted by Gasteiger charge is -2.12. The minimum atomic E-state index is 0.371. The Balaban J connectivity index is 2.53. The molecule has 0 fully saturated rings. The van der Waals surface area contributed by atoms with Crippen LogP contribution in [-0.4, -0.2) is 19.5 Å². The summed E-state index contributed by atoms with van der Waals surface area (Å²) in [4.78, 5) is 13.1. The molecule has 0 saturated carbocycles. The van der Waals surface area contributed by atoms with Crippen LogP contribution in [0.15, 0.2) is 12.4 Å². The molecule has 6 heteroatoms. The van der Waals surface area contributed by atoms with Crippen molar-refractivity contribution >= 4 is 16.9 Å². The smallest absolute Gasteiger partial charge is 0.147 e. The molecule has 6 nitrogen and oxygen atoms in total. The Kier molecular flexibility index (Phi) is 3.06.